The van der Waals surface area contributed by atoms with Crippen LogP contribution in [0, 0.1) is 5.92 Å². The average Bonchev–Trinajstić information content (AvgIpc) is 2.26. The molecule has 0 spiro atoms. The SMILES string of the molecule is CCC1CCCCC1OC(CO)CO. The first-order valence-corrected chi connectivity index (χ1v) is 5.69. The van der Waals surface area contributed by atoms with Gasteiger partial charge in [-0.15, -0.1) is 0 Å². The maximum Gasteiger partial charge on any atom is 0.104 e. The monoisotopic (exact) mass is 202 g/mol. The summed E-state index contributed by atoms with van der Waals surface area (Å²) < 4.78 is 5.69. The maximum absolute atomic E-state index is 8.93. The van der Waals surface area contributed by atoms with Gasteiger partial charge in [0.15, 0.2) is 0 Å². The van der Waals surface area contributed by atoms with Crippen molar-refractivity contribution < 1.29 is 14.9 Å². The van der Waals surface area contributed by atoms with Crippen LogP contribution >= 0.6 is 0 Å². The minimum Gasteiger partial charge on any atom is -0.394 e. The fourth-order valence-electron chi connectivity index (χ4n) is 2.21. The van der Waals surface area contributed by atoms with E-state index in [1.54, 1.807) is 0 Å². The quantitative estimate of drug-likeness (QED) is 0.707. The third-order valence-electron chi connectivity index (χ3n) is 3.14. The zero-order chi connectivity index (χ0) is 10.4. The number of hydrogen-bond donors (Lipinski definition) is 2. The van der Waals surface area contributed by atoms with Crippen LogP contribution in [0.3, 0.4) is 0 Å². The zero-order valence-corrected chi connectivity index (χ0v) is 8.98. The topological polar surface area (TPSA) is 49.7 Å². The van der Waals surface area contributed by atoms with Gasteiger partial charge in [-0.2, -0.15) is 0 Å². The summed E-state index contributed by atoms with van der Waals surface area (Å²) in [5, 5.41) is 17.9. The van der Waals surface area contributed by atoms with Crippen LogP contribution in [0.2, 0.25) is 0 Å². The molecule has 3 heteroatoms. The first-order chi connectivity index (χ1) is 6.81. The van der Waals surface area contributed by atoms with E-state index >= 15 is 0 Å². The molecule has 1 fully saturated rings. The van der Waals surface area contributed by atoms with Crippen molar-refractivity contribution in [3.63, 3.8) is 0 Å². The second kappa shape index (κ2) is 6.38. The lowest BCUT2D eigenvalue weighted by atomic mass is 9.84. The van der Waals surface area contributed by atoms with Gasteiger partial charge in [0.2, 0.25) is 0 Å². The molecule has 0 bridgehead atoms. The fraction of sp³-hybridized carbons (Fsp3) is 1.00. The van der Waals surface area contributed by atoms with Crippen LogP contribution in [0.4, 0.5) is 0 Å². The maximum atomic E-state index is 8.93. The molecule has 1 aliphatic rings. The van der Waals surface area contributed by atoms with E-state index in [4.69, 9.17) is 14.9 Å². The second-order valence-corrected chi connectivity index (χ2v) is 4.11. The Bertz CT molecular complexity index is 145. The molecule has 0 aromatic rings. The largest absolute Gasteiger partial charge is 0.394 e. The summed E-state index contributed by atoms with van der Waals surface area (Å²) in [6.45, 7) is 2.02. The number of aliphatic hydroxyl groups is 2. The summed E-state index contributed by atoms with van der Waals surface area (Å²) in [7, 11) is 0. The van der Waals surface area contributed by atoms with Crippen molar-refractivity contribution in [2.24, 2.45) is 5.92 Å². The van der Waals surface area contributed by atoms with E-state index in [2.05, 4.69) is 6.92 Å². The highest BCUT2D eigenvalue weighted by Gasteiger charge is 2.26. The minimum absolute atomic E-state index is 0.0799. The van der Waals surface area contributed by atoms with E-state index in [-0.39, 0.29) is 25.4 Å². The Morgan fingerprint density at radius 2 is 1.86 bits per heavy atom. The van der Waals surface area contributed by atoms with Gasteiger partial charge in [0.1, 0.15) is 6.10 Å². The lowest BCUT2D eigenvalue weighted by Gasteiger charge is -2.33. The Labute approximate surface area is 86.1 Å². The third-order valence-corrected chi connectivity index (χ3v) is 3.14. The van der Waals surface area contributed by atoms with Crippen LogP contribution in [-0.4, -0.2) is 35.6 Å². The van der Waals surface area contributed by atoms with Gasteiger partial charge in [-0.05, 0) is 18.8 Å². The van der Waals surface area contributed by atoms with Crippen LogP contribution in [0.15, 0.2) is 0 Å². The summed E-state index contributed by atoms with van der Waals surface area (Å²) in [5.41, 5.74) is 0. The predicted molar refractivity (Wildman–Crippen MR) is 55.1 cm³/mol. The van der Waals surface area contributed by atoms with Gasteiger partial charge in [0.05, 0.1) is 19.3 Å². The lowest BCUT2D eigenvalue weighted by Crippen LogP contribution is -2.34. The number of rotatable bonds is 5. The molecule has 0 aliphatic heterocycles. The van der Waals surface area contributed by atoms with Crippen molar-refractivity contribution in [3.05, 3.63) is 0 Å². The molecule has 2 unspecified atom stereocenters. The van der Waals surface area contributed by atoms with Crippen LogP contribution in [0.25, 0.3) is 0 Å². The van der Waals surface area contributed by atoms with Gasteiger partial charge in [-0.1, -0.05) is 26.2 Å². The van der Waals surface area contributed by atoms with Gasteiger partial charge in [0, 0.05) is 0 Å². The fourth-order valence-corrected chi connectivity index (χ4v) is 2.21. The molecule has 0 aromatic carbocycles. The van der Waals surface area contributed by atoms with Gasteiger partial charge in [0.25, 0.3) is 0 Å². The molecule has 0 heterocycles. The molecule has 14 heavy (non-hydrogen) atoms. The van der Waals surface area contributed by atoms with Crippen LogP contribution in [-0.2, 0) is 4.74 Å². The summed E-state index contributed by atoms with van der Waals surface area (Å²) >= 11 is 0. The molecule has 1 aliphatic carbocycles. The molecule has 0 amide bonds. The second-order valence-electron chi connectivity index (χ2n) is 4.11. The van der Waals surface area contributed by atoms with Gasteiger partial charge >= 0.3 is 0 Å². The first-order valence-electron chi connectivity index (χ1n) is 5.69. The zero-order valence-electron chi connectivity index (χ0n) is 8.98. The summed E-state index contributed by atoms with van der Waals surface area (Å²) in [4.78, 5) is 0. The Kier molecular flexibility index (Phi) is 5.45. The minimum atomic E-state index is -0.382. The van der Waals surface area contributed by atoms with Crippen LogP contribution in [0.5, 0.6) is 0 Å². The van der Waals surface area contributed by atoms with E-state index < -0.39 is 0 Å². The van der Waals surface area contributed by atoms with Crippen molar-refractivity contribution >= 4 is 0 Å². The lowest BCUT2D eigenvalue weighted by molar-refractivity contribution is -0.0960. The summed E-state index contributed by atoms with van der Waals surface area (Å²) in [6, 6.07) is 0. The molecular formula is C11H22O3. The molecule has 0 radical (unpaired) electrons. The summed E-state index contributed by atoms with van der Waals surface area (Å²) in [6.07, 6.45) is 5.81. The van der Waals surface area contributed by atoms with Crippen molar-refractivity contribution in [1.29, 1.82) is 0 Å². The molecule has 1 saturated carbocycles. The Morgan fingerprint density at radius 1 is 1.21 bits per heavy atom. The Hall–Kier alpha value is -0.120. The molecule has 0 aromatic heterocycles. The van der Waals surface area contributed by atoms with Gasteiger partial charge in [-0.3, -0.25) is 0 Å². The number of ether oxygens (including phenoxy) is 1. The van der Waals surface area contributed by atoms with Crippen LogP contribution in [0.1, 0.15) is 39.0 Å². The van der Waals surface area contributed by atoms with E-state index in [9.17, 15) is 0 Å². The molecule has 2 N–H and O–H groups in total. The smallest absolute Gasteiger partial charge is 0.104 e. The van der Waals surface area contributed by atoms with Crippen molar-refractivity contribution in [3.8, 4) is 0 Å². The third kappa shape index (κ3) is 3.23. The highest BCUT2D eigenvalue weighted by atomic mass is 16.5. The molecule has 2 atom stereocenters. The molecule has 3 nitrogen and oxygen atoms in total. The standard InChI is InChI=1S/C11H22O3/c1-2-9-5-3-4-6-11(9)14-10(7-12)8-13/h9-13H,2-8H2,1H3. The highest BCUT2D eigenvalue weighted by Crippen LogP contribution is 2.29. The Morgan fingerprint density at radius 3 is 2.43 bits per heavy atom. The van der Waals surface area contributed by atoms with E-state index in [0.717, 1.165) is 12.8 Å². The molecular weight excluding hydrogens is 180 g/mol. The van der Waals surface area contributed by atoms with E-state index in [1.807, 2.05) is 0 Å². The van der Waals surface area contributed by atoms with Crippen molar-refractivity contribution in [2.75, 3.05) is 13.2 Å². The molecule has 0 saturated heterocycles. The van der Waals surface area contributed by atoms with Gasteiger partial charge < -0.3 is 14.9 Å². The molecule has 1 rings (SSSR count). The number of aliphatic hydroxyl groups excluding tert-OH is 2. The summed E-state index contributed by atoms with van der Waals surface area (Å²) in [5.74, 6) is 0.615. The predicted octanol–water partition coefficient (Wildman–Crippen LogP) is 1.32. The average molecular weight is 202 g/mol. The first kappa shape index (κ1) is 12.0. The number of hydrogen-bond acceptors (Lipinski definition) is 3. The highest BCUT2D eigenvalue weighted by molar-refractivity contribution is 4.76. The normalized spacial score (nSPS) is 28.3. The van der Waals surface area contributed by atoms with Crippen LogP contribution < -0.4 is 0 Å². The van der Waals surface area contributed by atoms with Gasteiger partial charge in [-0.25, -0.2) is 0 Å². The van der Waals surface area contributed by atoms with E-state index in [1.165, 1.54) is 19.3 Å². The van der Waals surface area contributed by atoms with Crippen molar-refractivity contribution in [2.45, 2.75) is 51.2 Å². The Balaban J connectivity index is 2.39. The van der Waals surface area contributed by atoms with E-state index in [0.29, 0.717) is 5.92 Å². The van der Waals surface area contributed by atoms with Crippen molar-refractivity contribution in [1.82, 2.24) is 0 Å². The molecule has 84 valence electrons.